The van der Waals surface area contributed by atoms with Gasteiger partial charge in [-0.05, 0) is 29.8 Å². The van der Waals surface area contributed by atoms with Crippen LogP contribution in [0.15, 0.2) is 89.3 Å². The van der Waals surface area contributed by atoms with E-state index in [9.17, 15) is 4.79 Å². The van der Waals surface area contributed by atoms with E-state index < -0.39 is 0 Å². The predicted octanol–water partition coefficient (Wildman–Crippen LogP) is 5.40. The average molecular weight is 488 g/mol. The van der Waals surface area contributed by atoms with Gasteiger partial charge in [0.1, 0.15) is 24.7 Å². The van der Waals surface area contributed by atoms with Crippen LogP contribution in [0.1, 0.15) is 11.4 Å². The highest BCUT2D eigenvalue weighted by molar-refractivity contribution is 8.00. The number of ether oxygens (including phenoxy) is 1. The Morgan fingerprint density at radius 3 is 2.50 bits per heavy atom. The Morgan fingerprint density at radius 2 is 1.68 bits per heavy atom. The summed E-state index contributed by atoms with van der Waals surface area (Å²) in [6.45, 7) is 0.352. The minimum Gasteiger partial charge on any atom is -0.486 e. The standard InChI is InChI=1S/C25H21N5O2S2/c31-23(27-24-28-29-25(34-24)33-17-18-9-3-1-4-10-18)15-30-21-14-8-7-13-20(21)26-22(30)16-32-19-11-5-2-6-12-19/h1-14H,15-17H2,(H,27,28,31). The van der Waals surface area contributed by atoms with Gasteiger partial charge in [0.25, 0.3) is 0 Å². The smallest absolute Gasteiger partial charge is 0.246 e. The molecule has 3 aromatic carbocycles. The van der Waals surface area contributed by atoms with E-state index in [1.54, 1.807) is 11.8 Å². The molecule has 7 nitrogen and oxygen atoms in total. The van der Waals surface area contributed by atoms with E-state index in [0.29, 0.717) is 11.0 Å². The summed E-state index contributed by atoms with van der Waals surface area (Å²) < 4.78 is 8.57. The fourth-order valence-electron chi connectivity index (χ4n) is 3.42. The van der Waals surface area contributed by atoms with Crippen molar-refractivity contribution >= 4 is 45.2 Å². The first kappa shape index (κ1) is 22.1. The SMILES string of the molecule is O=C(Cn1c(COc2ccccc2)nc2ccccc21)Nc1nnc(SCc2ccccc2)s1. The molecule has 1 amide bonds. The van der Waals surface area contributed by atoms with Gasteiger partial charge in [0.15, 0.2) is 4.34 Å². The molecular weight excluding hydrogens is 466 g/mol. The van der Waals surface area contributed by atoms with E-state index in [1.807, 2.05) is 77.4 Å². The molecule has 0 spiro atoms. The van der Waals surface area contributed by atoms with Crippen molar-refractivity contribution in [3.05, 3.63) is 96.3 Å². The quantitative estimate of drug-likeness (QED) is 0.222. The lowest BCUT2D eigenvalue weighted by atomic mass is 10.2. The van der Waals surface area contributed by atoms with E-state index in [4.69, 9.17) is 4.74 Å². The number of amides is 1. The topological polar surface area (TPSA) is 81.9 Å². The van der Waals surface area contributed by atoms with Gasteiger partial charge in [0.2, 0.25) is 11.0 Å². The van der Waals surface area contributed by atoms with E-state index in [2.05, 4.69) is 32.6 Å². The molecule has 170 valence electrons. The summed E-state index contributed by atoms with van der Waals surface area (Å²) in [6, 6.07) is 27.5. The van der Waals surface area contributed by atoms with Crippen molar-refractivity contribution < 1.29 is 9.53 Å². The van der Waals surface area contributed by atoms with Crippen LogP contribution in [-0.2, 0) is 23.7 Å². The Morgan fingerprint density at radius 1 is 0.941 bits per heavy atom. The summed E-state index contributed by atoms with van der Waals surface area (Å²) >= 11 is 2.97. The van der Waals surface area contributed by atoms with Gasteiger partial charge in [0, 0.05) is 5.75 Å². The molecule has 0 fully saturated rings. The van der Waals surface area contributed by atoms with Crippen molar-refractivity contribution in [1.82, 2.24) is 19.7 Å². The van der Waals surface area contributed by atoms with Crippen LogP contribution in [0.5, 0.6) is 5.75 Å². The number of hydrogen-bond donors (Lipinski definition) is 1. The number of rotatable bonds is 9. The van der Waals surface area contributed by atoms with Gasteiger partial charge in [-0.25, -0.2) is 4.98 Å². The highest BCUT2D eigenvalue weighted by Crippen LogP contribution is 2.28. The summed E-state index contributed by atoms with van der Waals surface area (Å²) in [6.07, 6.45) is 0. The first-order chi connectivity index (χ1) is 16.7. The van der Waals surface area contributed by atoms with Crippen LogP contribution in [0.25, 0.3) is 11.0 Å². The molecule has 0 unspecified atom stereocenters. The number of hydrogen-bond acceptors (Lipinski definition) is 7. The molecule has 1 N–H and O–H groups in total. The molecule has 0 atom stereocenters. The normalized spacial score (nSPS) is 10.9. The molecule has 0 radical (unpaired) electrons. The molecule has 9 heteroatoms. The zero-order valence-electron chi connectivity index (χ0n) is 18.1. The van der Waals surface area contributed by atoms with E-state index in [1.165, 1.54) is 16.9 Å². The second-order valence-electron chi connectivity index (χ2n) is 7.40. The highest BCUT2D eigenvalue weighted by atomic mass is 32.2. The third-order valence-corrected chi connectivity index (χ3v) is 7.05. The fourth-order valence-corrected chi connectivity index (χ4v) is 5.14. The van der Waals surface area contributed by atoms with Gasteiger partial charge in [-0.15, -0.1) is 10.2 Å². The Labute approximate surface area is 204 Å². The van der Waals surface area contributed by atoms with Crippen LogP contribution >= 0.6 is 23.1 Å². The maximum absolute atomic E-state index is 12.9. The molecule has 34 heavy (non-hydrogen) atoms. The van der Waals surface area contributed by atoms with Gasteiger partial charge >= 0.3 is 0 Å². The average Bonchev–Trinajstić information content (AvgIpc) is 3.47. The third-order valence-electron chi connectivity index (χ3n) is 5.00. The molecule has 0 aliphatic heterocycles. The minimum atomic E-state index is -0.195. The van der Waals surface area contributed by atoms with Crippen molar-refractivity contribution in [2.75, 3.05) is 5.32 Å². The van der Waals surface area contributed by atoms with Crippen LogP contribution in [0.4, 0.5) is 5.13 Å². The molecule has 0 saturated carbocycles. The Hall–Kier alpha value is -3.69. The van der Waals surface area contributed by atoms with Crippen molar-refractivity contribution in [2.45, 2.75) is 23.2 Å². The van der Waals surface area contributed by atoms with Crippen LogP contribution in [0, 0.1) is 0 Å². The molecule has 5 aromatic rings. The number of aromatic nitrogens is 4. The van der Waals surface area contributed by atoms with E-state index >= 15 is 0 Å². The van der Waals surface area contributed by atoms with Gasteiger partial charge < -0.3 is 9.30 Å². The number of carbonyl (C=O) groups is 1. The van der Waals surface area contributed by atoms with Gasteiger partial charge in [-0.1, -0.05) is 83.8 Å². The van der Waals surface area contributed by atoms with Crippen molar-refractivity contribution in [2.24, 2.45) is 0 Å². The number of anilines is 1. The zero-order valence-corrected chi connectivity index (χ0v) is 19.8. The number of fused-ring (bicyclic) bond motifs is 1. The van der Waals surface area contributed by atoms with Gasteiger partial charge in [-0.2, -0.15) is 0 Å². The maximum atomic E-state index is 12.9. The fraction of sp³-hybridized carbons (Fsp3) is 0.120. The second kappa shape index (κ2) is 10.5. The van der Waals surface area contributed by atoms with Crippen LogP contribution in [0.2, 0.25) is 0 Å². The molecule has 5 rings (SSSR count). The lowest BCUT2D eigenvalue weighted by Crippen LogP contribution is -2.20. The Bertz CT molecular complexity index is 1390. The molecule has 2 aromatic heterocycles. The summed E-state index contributed by atoms with van der Waals surface area (Å²) in [7, 11) is 0. The summed E-state index contributed by atoms with van der Waals surface area (Å²) in [5, 5.41) is 11.7. The molecule has 0 aliphatic carbocycles. The predicted molar refractivity (Wildman–Crippen MR) is 135 cm³/mol. The molecule has 0 saturated heterocycles. The Balaban J connectivity index is 1.25. The molecule has 0 aliphatic rings. The Kier molecular flexibility index (Phi) is 6.83. The van der Waals surface area contributed by atoms with E-state index in [-0.39, 0.29) is 19.1 Å². The number of nitrogens with one attached hydrogen (secondary N) is 1. The van der Waals surface area contributed by atoms with E-state index in [0.717, 1.165) is 26.9 Å². The first-order valence-electron chi connectivity index (χ1n) is 10.7. The number of benzene rings is 3. The molecular formula is C25H21N5O2S2. The number of carbonyl (C=O) groups excluding carboxylic acids is 1. The molecule has 0 bridgehead atoms. The van der Waals surface area contributed by atoms with Crippen LogP contribution in [0.3, 0.4) is 0 Å². The monoisotopic (exact) mass is 487 g/mol. The number of para-hydroxylation sites is 3. The lowest BCUT2D eigenvalue weighted by molar-refractivity contribution is -0.116. The largest absolute Gasteiger partial charge is 0.486 e. The lowest BCUT2D eigenvalue weighted by Gasteiger charge is -2.10. The van der Waals surface area contributed by atoms with Gasteiger partial charge in [-0.3, -0.25) is 10.1 Å². The van der Waals surface area contributed by atoms with Crippen molar-refractivity contribution in [3.63, 3.8) is 0 Å². The maximum Gasteiger partial charge on any atom is 0.246 e. The third kappa shape index (κ3) is 5.44. The van der Waals surface area contributed by atoms with Crippen molar-refractivity contribution in [3.8, 4) is 5.75 Å². The second-order valence-corrected chi connectivity index (χ2v) is 9.60. The van der Waals surface area contributed by atoms with Crippen molar-refractivity contribution in [1.29, 1.82) is 0 Å². The van der Waals surface area contributed by atoms with Gasteiger partial charge in [0.05, 0.1) is 11.0 Å². The minimum absolute atomic E-state index is 0.0973. The number of imidazole rings is 1. The summed E-state index contributed by atoms with van der Waals surface area (Å²) in [4.78, 5) is 17.5. The first-order valence-corrected chi connectivity index (χ1v) is 12.5. The highest BCUT2D eigenvalue weighted by Gasteiger charge is 2.16. The number of thioether (sulfide) groups is 1. The van der Waals surface area contributed by atoms with Crippen LogP contribution < -0.4 is 10.1 Å². The van der Waals surface area contributed by atoms with Crippen LogP contribution in [-0.4, -0.2) is 25.7 Å². The zero-order chi connectivity index (χ0) is 23.2. The summed E-state index contributed by atoms with van der Waals surface area (Å²) in [5.74, 6) is 2.03. The number of nitrogens with zero attached hydrogens (tertiary/aromatic N) is 4. The molecule has 2 heterocycles. The summed E-state index contributed by atoms with van der Waals surface area (Å²) in [5.41, 5.74) is 2.91.